The second-order valence-electron chi connectivity index (χ2n) is 4.14. The molecule has 0 saturated carbocycles. The third-order valence-electron chi connectivity index (χ3n) is 2.64. The van der Waals surface area contributed by atoms with Gasteiger partial charge in [-0.15, -0.1) is 0 Å². The molecule has 1 unspecified atom stereocenters. The van der Waals surface area contributed by atoms with E-state index >= 15 is 0 Å². The minimum Gasteiger partial charge on any atom is -0.497 e. The first-order valence-corrected chi connectivity index (χ1v) is 5.52. The summed E-state index contributed by atoms with van der Waals surface area (Å²) in [5.74, 6) is 0.331. The lowest BCUT2D eigenvalue weighted by atomic mass is 10.2. The third-order valence-corrected chi connectivity index (χ3v) is 2.64. The highest BCUT2D eigenvalue weighted by molar-refractivity contribution is 5.89. The Balaban J connectivity index is 2.57. The van der Waals surface area contributed by atoms with Crippen LogP contribution in [-0.2, 0) is 4.74 Å². The second-order valence-corrected chi connectivity index (χ2v) is 4.14. The van der Waals surface area contributed by atoms with Gasteiger partial charge in [-0.05, 0) is 39.2 Å². The third kappa shape index (κ3) is 4.07. The van der Waals surface area contributed by atoms with Crippen molar-refractivity contribution < 1.29 is 14.3 Å². The molecule has 0 bridgehead atoms. The van der Waals surface area contributed by atoms with Crippen molar-refractivity contribution in [3.63, 3.8) is 0 Å². The number of nitrogens with zero attached hydrogens (tertiary/aromatic N) is 1. The van der Waals surface area contributed by atoms with Gasteiger partial charge >= 0.3 is 5.97 Å². The van der Waals surface area contributed by atoms with Crippen molar-refractivity contribution in [2.45, 2.75) is 13.0 Å². The number of likely N-dealkylation sites (N-methyl/N-ethyl adjacent to an activating group) is 1. The summed E-state index contributed by atoms with van der Waals surface area (Å²) < 4.78 is 10.3. The number of carbonyl (C=O) groups is 1. The van der Waals surface area contributed by atoms with Gasteiger partial charge in [0.15, 0.2) is 0 Å². The SMILES string of the molecule is COc1cccc(C(=O)OCC(C)N(C)C)c1. The molecule has 0 aliphatic rings. The van der Waals surface area contributed by atoms with Gasteiger partial charge in [-0.25, -0.2) is 4.79 Å². The van der Waals surface area contributed by atoms with Crippen LogP contribution >= 0.6 is 0 Å². The van der Waals surface area contributed by atoms with Crippen LogP contribution in [0.15, 0.2) is 24.3 Å². The minimum absolute atomic E-state index is 0.199. The van der Waals surface area contributed by atoms with Crippen LogP contribution in [0, 0.1) is 0 Å². The van der Waals surface area contributed by atoms with E-state index in [0.29, 0.717) is 17.9 Å². The topological polar surface area (TPSA) is 38.8 Å². The lowest BCUT2D eigenvalue weighted by Crippen LogP contribution is -2.30. The van der Waals surface area contributed by atoms with E-state index in [0.717, 1.165) is 0 Å². The molecule has 1 aromatic carbocycles. The van der Waals surface area contributed by atoms with Gasteiger partial charge in [-0.1, -0.05) is 6.07 Å². The summed E-state index contributed by atoms with van der Waals surface area (Å²) in [7, 11) is 5.46. The smallest absolute Gasteiger partial charge is 0.338 e. The number of benzene rings is 1. The Kier molecular flexibility index (Phi) is 4.97. The van der Waals surface area contributed by atoms with E-state index in [1.165, 1.54) is 0 Å². The van der Waals surface area contributed by atoms with Crippen LogP contribution in [0.1, 0.15) is 17.3 Å². The van der Waals surface area contributed by atoms with E-state index in [2.05, 4.69) is 0 Å². The Labute approximate surface area is 102 Å². The summed E-state index contributed by atoms with van der Waals surface area (Å²) in [6, 6.07) is 7.14. The zero-order valence-electron chi connectivity index (χ0n) is 10.8. The lowest BCUT2D eigenvalue weighted by molar-refractivity contribution is 0.0416. The molecule has 94 valence electrons. The first kappa shape index (κ1) is 13.5. The zero-order chi connectivity index (χ0) is 12.8. The van der Waals surface area contributed by atoms with Crippen LogP contribution in [0.4, 0.5) is 0 Å². The molecule has 0 spiro atoms. The maximum absolute atomic E-state index is 11.7. The molecule has 0 amide bonds. The van der Waals surface area contributed by atoms with Crippen molar-refractivity contribution in [3.05, 3.63) is 29.8 Å². The first-order chi connectivity index (χ1) is 8.04. The van der Waals surface area contributed by atoms with Crippen molar-refractivity contribution in [1.29, 1.82) is 0 Å². The highest BCUT2D eigenvalue weighted by Crippen LogP contribution is 2.13. The summed E-state index contributed by atoms with van der Waals surface area (Å²) in [6.45, 7) is 2.38. The molecule has 4 heteroatoms. The summed E-state index contributed by atoms with van der Waals surface area (Å²) in [4.78, 5) is 13.7. The van der Waals surface area contributed by atoms with Gasteiger partial charge in [0.25, 0.3) is 0 Å². The van der Waals surface area contributed by atoms with E-state index < -0.39 is 0 Å². The maximum atomic E-state index is 11.7. The molecule has 17 heavy (non-hydrogen) atoms. The monoisotopic (exact) mass is 237 g/mol. The number of hydrogen-bond acceptors (Lipinski definition) is 4. The Morgan fingerprint density at radius 2 is 2.12 bits per heavy atom. The molecule has 0 saturated heterocycles. The van der Waals surface area contributed by atoms with Crippen molar-refractivity contribution >= 4 is 5.97 Å². The van der Waals surface area contributed by atoms with Gasteiger partial charge in [0.2, 0.25) is 0 Å². The van der Waals surface area contributed by atoms with Gasteiger partial charge in [-0.3, -0.25) is 0 Å². The molecule has 1 aromatic rings. The number of esters is 1. The fourth-order valence-corrected chi connectivity index (χ4v) is 1.18. The van der Waals surface area contributed by atoms with Gasteiger partial charge < -0.3 is 14.4 Å². The molecule has 0 aliphatic heterocycles. The Morgan fingerprint density at radius 3 is 2.71 bits per heavy atom. The number of rotatable bonds is 5. The Morgan fingerprint density at radius 1 is 1.41 bits per heavy atom. The predicted molar refractivity (Wildman–Crippen MR) is 66.4 cm³/mol. The number of hydrogen-bond donors (Lipinski definition) is 0. The van der Waals surface area contributed by atoms with E-state index in [9.17, 15) is 4.79 Å². The van der Waals surface area contributed by atoms with Crippen LogP contribution in [0.3, 0.4) is 0 Å². The molecule has 4 nitrogen and oxygen atoms in total. The van der Waals surface area contributed by atoms with Gasteiger partial charge in [0.05, 0.1) is 12.7 Å². The average Bonchev–Trinajstić information content (AvgIpc) is 2.35. The summed E-state index contributed by atoms with van der Waals surface area (Å²) >= 11 is 0. The highest BCUT2D eigenvalue weighted by atomic mass is 16.5. The Bertz CT molecular complexity index is 377. The van der Waals surface area contributed by atoms with Crippen molar-refractivity contribution in [3.8, 4) is 5.75 Å². The minimum atomic E-state index is -0.322. The molecular formula is C13H19NO3. The van der Waals surface area contributed by atoms with E-state index in [4.69, 9.17) is 9.47 Å². The van der Waals surface area contributed by atoms with Crippen molar-refractivity contribution in [2.75, 3.05) is 27.8 Å². The summed E-state index contributed by atoms with van der Waals surface area (Å²) in [6.07, 6.45) is 0. The molecule has 0 heterocycles. The molecule has 0 aromatic heterocycles. The molecule has 0 fully saturated rings. The van der Waals surface area contributed by atoms with Gasteiger partial charge in [0.1, 0.15) is 12.4 Å². The Hall–Kier alpha value is -1.55. The largest absolute Gasteiger partial charge is 0.497 e. The number of methoxy groups -OCH3 is 1. The van der Waals surface area contributed by atoms with Crippen molar-refractivity contribution in [2.24, 2.45) is 0 Å². The van der Waals surface area contributed by atoms with Crippen molar-refractivity contribution in [1.82, 2.24) is 4.90 Å². The number of ether oxygens (including phenoxy) is 2. The van der Waals surface area contributed by atoms with Crippen LogP contribution in [0.2, 0.25) is 0 Å². The van der Waals surface area contributed by atoms with E-state index in [1.54, 1.807) is 31.4 Å². The normalized spacial score (nSPS) is 12.3. The van der Waals surface area contributed by atoms with Gasteiger partial charge in [0, 0.05) is 6.04 Å². The van der Waals surface area contributed by atoms with E-state index in [-0.39, 0.29) is 12.0 Å². The second kappa shape index (κ2) is 6.25. The quantitative estimate of drug-likeness (QED) is 0.732. The zero-order valence-corrected chi connectivity index (χ0v) is 10.8. The van der Waals surface area contributed by atoms with Crippen LogP contribution in [-0.4, -0.2) is 44.7 Å². The molecular weight excluding hydrogens is 218 g/mol. The standard InChI is InChI=1S/C13H19NO3/c1-10(14(2)3)9-17-13(15)11-6-5-7-12(8-11)16-4/h5-8,10H,9H2,1-4H3. The molecule has 0 N–H and O–H groups in total. The highest BCUT2D eigenvalue weighted by Gasteiger charge is 2.11. The molecule has 1 atom stereocenters. The summed E-state index contributed by atoms with van der Waals surface area (Å²) in [5, 5.41) is 0. The molecule has 1 rings (SSSR count). The first-order valence-electron chi connectivity index (χ1n) is 5.52. The van der Waals surface area contributed by atoms with Gasteiger partial charge in [-0.2, -0.15) is 0 Å². The van der Waals surface area contributed by atoms with Crippen LogP contribution in [0.5, 0.6) is 5.75 Å². The predicted octanol–water partition coefficient (Wildman–Crippen LogP) is 1.80. The lowest BCUT2D eigenvalue weighted by Gasteiger charge is -2.19. The average molecular weight is 237 g/mol. The van der Waals surface area contributed by atoms with E-state index in [1.807, 2.05) is 25.9 Å². The fourth-order valence-electron chi connectivity index (χ4n) is 1.18. The maximum Gasteiger partial charge on any atom is 0.338 e. The molecule has 0 aliphatic carbocycles. The van der Waals surface area contributed by atoms with Crippen LogP contribution in [0.25, 0.3) is 0 Å². The molecule has 0 radical (unpaired) electrons. The van der Waals surface area contributed by atoms with Crippen LogP contribution < -0.4 is 4.74 Å². The fraction of sp³-hybridized carbons (Fsp3) is 0.462. The summed E-state index contributed by atoms with van der Waals surface area (Å²) in [5.41, 5.74) is 0.510. The number of carbonyl (C=O) groups excluding carboxylic acids is 1.